The van der Waals surface area contributed by atoms with Crippen LogP contribution in [0.1, 0.15) is 32.9 Å². The van der Waals surface area contributed by atoms with Crippen molar-refractivity contribution in [2.75, 3.05) is 5.73 Å². The molecule has 172 valence electrons. The Morgan fingerprint density at radius 3 is 2.83 bits per heavy atom. The third-order valence-electron chi connectivity index (χ3n) is 6.24. The second-order valence-corrected chi connectivity index (χ2v) is 8.69. The molecule has 0 spiro atoms. The summed E-state index contributed by atoms with van der Waals surface area (Å²) in [6.07, 6.45) is 3.99. The van der Waals surface area contributed by atoms with E-state index in [4.69, 9.17) is 10.5 Å². The van der Waals surface area contributed by atoms with Gasteiger partial charge >= 0.3 is 0 Å². The highest BCUT2D eigenvalue weighted by Gasteiger charge is 2.24. The number of nitrogens with zero attached hydrogens (tertiary/aromatic N) is 3. The number of nitrogens with one attached hydrogen (secondary N) is 1. The number of H-pyrrole nitrogens is 1. The number of rotatable bonds is 6. The summed E-state index contributed by atoms with van der Waals surface area (Å²) in [5, 5.41) is 4.40. The predicted molar refractivity (Wildman–Crippen MR) is 136 cm³/mol. The zero-order valence-electron chi connectivity index (χ0n) is 19.2. The number of carbonyl (C=O) groups excluding carboxylic acids is 1. The molecule has 0 atom stereocenters. The first-order valence-corrected chi connectivity index (χ1v) is 11.4. The fourth-order valence-corrected chi connectivity index (χ4v) is 4.46. The summed E-state index contributed by atoms with van der Waals surface area (Å²) in [4.78, 5) is 21.0. The van der Waals surface area contributed by atoms with Crippen LogP contribution in [0.3, 0.4) is 0 Å². The van der Waals surface area contributed by atoms with Gasteiger partial charge in [0.15, 0.2) is 5.78 Å². The predicted octanol–water partition coefficient (Wildman–Crippen LogP) is 5.04. The minimum absolute atomic E-state index is 0.116. The van der Waals surface area contributed by atoms with Crippen LogP contribution >= 0.6 is 0 Å². The fourth-order valence-electron chi connectivity index (χ4n) is 4.46. The molecule has 3 N–H and O–H groups in total. The first-order valence-electron chi connectivity index (χ1n) is 11.4. The zero-order valence-corrected chi connectivity index (χ0v) is 19.2. The van der Waals surface area contributed by atoms with E-state index in [0.717, 1.165) is 45.0 Å². The van der Waals surface area contributed by atoms with Crippen molar-refractivity contribution < 1.29 is 9.53 Å². The summed E-state index contributed by atoms with van der Waals surface area (Å²) >= 11 is 0. The number of aromatic amines is 1. The first kappa shape index (κ1) is 20.9. The number of aromatic nitrogens is 4. The molecule has 0 saturated carbocycles. The quantitative estimate of drug-likeness (QED) is 0.345. The molecule has 7 heteroatoms. The number of ether oxygens (including phenoxy) is 1. The molecule has 2 heterocycles. The molecule has 0 fully saturated rings. The number of hydrogen-bond acceptors (Lipinski definition) is 5. The summed E-state index contributed by atoms with van der Waals surface area (Å²) in [5.74, 6) is 1.82. The summed E-state index contributed by atoms with van der Waals surface area (Å²) in [5.41, 5.74) is 13.2. The Labute approximate surface area is 201 Å². The summed E-state index contributed by atoms with van der Waals surface area (Å²) in [6, 6.07) is 21.7. The molecule has 0 saturated heterocycles. The van der Waals surface area contributed by atoms with E-state index >= 15 is 0 Å². The second-order valence-electron chi connectivity index (χ2n) is 8.69. The number of fused-ring (bicyclic) bond motifs is 2. The van der Waals surface area contributed by atoms with Gasteiger partial charge in [-0.15, -0.1) is 0 Å². The maximum Gasteiger partial charge on any atom is 0.194 e. The lowest BCUT2D eigenvalue weighted by molar-refractivity contribution is 0.103. The van der Waals surface area contributed by atoms with E-state index in [-0.39, 0.29) is 5.78 Å². The van der Waals surface area contributed by atoms with Crippen molar-refractivity contribution in [2.45, 2.75) is 20.0 Å². The lowest BCUT2D eigenvalue weighted by Gasteiger charge is -2.08. The van der Waals surface area contributed by atoms with E-state index in [1.165, 1.54) is 6.20 Å². The van der Waals surface area contributed by atoms with Gasteiger partial charge in [0.1, 0.15) is 24.0 Å². The fraction of sp³-hybridized carbons (Fsp3) is 0.107. The third-order valence-corrected chi connectivity index (χ3v) is 6.24. The van der Waals surface area contributed by atoms with Crippen LogP contribution in [-0.2, 0) is 13.0 Å². The van der Waals surface area contributed by atoms with E-state index in [1.807, 2.05) is 79.7 Å². The van der Waals surface area contributed by atoms with Crippen LogP contribution in [0.5, 0.6) is 5.75 Å². The van der Waals surface area contributed by atoms with Crippen molar-refractivity contribution in [2.24, 2.45) is 0 Å². The summed E-state index contributed by atoms with van der Waals surface area (Å²) < 4.78 is 7.54. The highest BCUT2D eigenvalue weighted by atomic mass is 16.5. The smallest absolute Gasteiger partial charge is 0.194 e. The van der Waals surface area contributed by atoms with Crippen molar-refractivity contribution in [3.8, 4) is 11.4 Å². The van der Waals surface area contributed by atoms with Crippen LogP contribution < -0.4 is 10.5 Å². The molecule has 6 rings (SSSR count). The minimum Gasteiger partial charge on any atom is -0.489 e. The van der Waals surface area contributed by atoms with Crippen LogP contribution in [0.25, 0.3) is 22.8 Å². The van der Waals surface area contributed by atoms with Gasteiger partial charge in [0.25, 0.3) is 0 Å². The number of allylic oxidation sites excluding steroid dienone is 1. The molecule has 5 aromatic rings. The molecule has 0 radical (unpaired) electrons. The van der Waals surface area contributed by atoms with Crippen molar-refractivity contribution in [1.82, 2.24) is 19.7 Å². The van der Waals surface area contributed by atoms with E-state index in [1.54, 1.807) is 4.68 Å². The maximum absolute atomic E-state index is 13.3. The molecule has 0 aliphatic heterocycles. The van der Waals surface area contributed by atoms with Gasteiger partial charge in [-0.25, -0.2) is 9.67 Å². The third kappa shape index (κ3) is 3.87. The van der Waals surface area contributed by atoms with Crippen LogP contribution in [0.2, 0.25) is 0 Å². The van der Waals surface area contributed by atoms with Gasteiger partial charge in [-0.3, -0.25) is 4.79 Å². The van der Waals surface area contributed by atoms with Crippen LogP contribution in [0.4, 0.5) is 5.82 Å². The Hall–Kier alpha value is -4.65. The lowest BCUT2D eigenvalue weighted by atomic mass is 10.0. The first-order chi connectivity index (χ1) is 17.0. The number of nitrogen functional groups attached to an aromatic ring is 1. The van der Waals surface area contributed by atoms with Crippen LogP contribution in [0.15, 0.2) is 78.5 Å². The van der Waals surface area contributed by atoms with Crippen molar-refractivity contribution in [3.63, 3.8) is 0 Å². The molecule has 0 amide bonds. The van der Waals surface area contributed by atoms with Gasteiger partial charge in [-0.1, -0.05) is 36.4 Å². The Morgan fingerprint density at radius 1 is 1.11 bits per heavy atom. The largest absolute Gasteiger partial charge is 0.489 e. The Morgan fingerprint density at radius 2 is 1.97 bits per heavy atom. The number of hydrogen-bond donors (Lipinski definition) is 2. The lowest BCUT2D eigenvalue weighted by Crippen LogP contribution is -2.08. The molecule has 0 unspecified atom stereocenters. The number of ketones is 1. The van der Waals surface area contributed by atoms with Crippen LogP contribution in [-0.4, -0.2) is 25.5 Å². The number of nitrogens with two attached hydrogens (primary N) is 1. The average molecular weight is 462 g/mol. The monoisotopic (exact) mass is 461 g/mol. The van der Waals surface area contributed by atoms with E-state index in [0.29, 0.717) is 30.0 Å². The number of aryl methyl sites for hydroxylation is 1. The normalized spacial score (nSPS) is 12.5. The van der Waals surface area contributed by atoms with Gasteiger partial charge in [0, 0.05) is 12.0 Å². The molecule has 0 bridgehead atoms. The van der Waals surface area contributed by atoms with Gasteiger partial charge in [0.2, 0.25) is 0 Å². The number of carbonyl (C=O) groups is 1. The SMILES string of the molecule is Cc1nc2ccc(-n3ncc(C(=O)C4=Cc5ccc(OCc6ccccc6)cc5C4)c3N)cc2[nH]1. The average Bonchev–Trinajstić information content (AvgIpc) is 3.57. The Balaban J connectivity index is 1.20. The Kier molecular flexibility index (Phi) is 4.95. The Bertz CT molecular complexity index is 1610. The van der Waals surface area contributed by atoms with Crippen molar-refractivity contribution in [3.05, 3.63) is 107 Å². The highest BCUT2D eigenvalue weighted by molar-refractivity contribution is 6.15. The number of Topliss-reactive ketones (excluding diaryl/α,β-unsaturated/α-hetero) is 1. The molecular formula is C28H23N5O2. The van der Waals surface area contributed by atoms with Crippen LogP contribution in [0, 0.1) is 6.92 Å². The van der Waals surface area contributed by atoms with E-state index in [9.17, 15) is 4.79 Å². The topological polar surface area (TPSA) is 98.8 Å². The zero-order chi connectivity index (χ0) is 23.9. The highest BCUT2D eigenvalue weighted by Crippen LogP contribution is 2.32. The van der Waals surface area contributed by atoms with Gasteiger partial charge in [-0.05, 0) is 60.0 Å². The molecule has 1 aliphatic carbocycles. The molecule has 3 aromatic carbocycles. The van der Waals surface area contributed by atoms with E-state index in [2.05, 4.69) is 15.1 Å². The summed E-state index contributed by atoms with van der Waals surface area (Å²) in [6.45, 7) is 2.41. The molecular weight excluding hydrogens is 438 g/mol. The minimum atomic E-state index is -0.116. The number of imidazole rings is 1. The molecule has 1 aliphatic rings. The summed E-state index contributed by atoms with van der Waals surface area (Å²) in [7, 11) is 0. The number of benzene rings is 3. The van der Waals surface area contributed by atoms with Crippen molar-refractivity contribution >= 4 is 28.7 Å². The van der Waals surface area contributed by atoms with Gasteiger partial charge < -0.3 is 15.5 Å². The molecule has 7 nitrogen and oxygen atoms in total. The maximum atomic E-state index is 13.3. The number of anilines is 1. The van der Waals surface area contributed by atoms with Gasteiger partial charge in [0.05, 0.1) is 28.5 Å². The van der Waals surface area contributed by atoms with Crippen molar-refractivity contribution in [1.29, 1.82) is 0 Å². The van der Waals surface area contributed by atoms with E-state index < -0.39 is 0 Å². The second kappa shape index (κ2) is 8.29. The van der Waals surface area contributed by atoms with Gasteiger partial charge in [-0.2, -0.15) is 5.10 Å². The standard InChI is InChI=1S/C28H23N5O2/c1-17-31-25-10-8-22(14-26(25)32-17)33-28(29)24(15-30-33)27(34)21-11-19-7-9-23(13-20(19)12-21)35-16-18-5-3-2-4-6-18/h2-11,13-15H,12,16,29H2,1H3,(H,31,32). The molecule has 35 heavy (non-hydrogen) atoms. The molecule has 2 aromatic heterocycles.